The van der Waals surface area contributed by atoms with Crippen LogP contribution in [-0.4, -0.2) is 58.3 Å². The van der Waals surface area contributed by atoms with Gasteiger partial charge in [-0.15, -0.1) is 10.2 Å². The molecule has 1 saturated carbocycles. The summed E-state index contributed by atoms with van der Waals surface area (Å²) in [6, 6.07) is 9.97. The second kappa shape index (κ2) is 11.1. The third-order valence-corrected chi connectivity index (χ3v) is 6.21. The van der Waals surface area contributed by atoms with Crippen LogP contribution in [-0.2, 0) is 16.1 Å². The van der Waals surface area contributed by atoms with Crippen molar-refractivity contribution < 1.29 is 23.5 Å². The van der Waals surface area contributed by atoms with Gasteiger partial charge in [-0.05, 0) is 61.4 Å². The molecule has 1 fully saturated rings. The fourth-order valence-electron chi connectivity index (χ4n) is 4.29. The second-order valence-electron chi connectivity index (χ2n) is 8.62. The Morgan fingerprint density at radius 1 is 1.11 bits per heavy atom. The van der Waals surface area contributed by atoms with E-state index in [1.807, 2.05) is 0 Å². The maximum atomic E-state index is 13.5. The van der Waals surface area contributed by atoms with Crippen molar-refractivity contribution in [3.8, 4) is 22.9 Å². The number of halogens is 1. The van der Waals surface area contributed by atoms with Gasteiger partial charge < -0.3 is 14.8 Å². The Morgan fingerprint density at radius 3 is 2.47 bits per heavy atom. The number of amides is 2. The summed E-state index contributed by atoms with van der Waals surface area (Å²) in [5.41, 5.74) is 1.03. The molecule has 36 heavy (non-hydrogen) atoms. The van der Waals surface area contributed by atoms with E-state index in [9.17, 15) is 14.0 Å². The number of nitrogens with zero attached hydrogens (tertiary/aromatic N) is 5. The van der Waals surface area contributed by atoms with E-state index in [1.54, 1.807) is 25.1 Å². The summed E-state index contributed by atoms with van der Waals surface area (Å²) in [5, 5.41) is 15.3. The minimum atomic E-state index is -0.809. The molecule has 0 saturated heterocycles. The quantitative estimate of drug-likeness (QED) is 0.485. The standard InChI is InChI=1S/C25H29FN6O4/c1-16(25(34)27-19-6-4-5-7-19)32(20-12-13-21(35-2)22(14-20)36-3)23(33)15-31-29-24(28-30-31)17-8-10-18(26)11-9-17/h8-14,16,19H,4-7,15H2,1-3H3,(H,27,34)/t16-/m1/s1. The van der Waals surface area contributed by atoms with Crippen molar-refractivity contribution in [3.63, 3.8) is 0 Å². The van der Waals surface area contributed by atoms with Crippen molar-refractivity contribution in [3.05, 3.63) is 48.3 Å². The molecule has 2 aromatic carbocycles. The largest absolute Gasteiger partial charge is 0.493 e. The zero-order valence-corrected chi connectivity index (χ0v) is 20.5. The van der Waals surface area contributed by atoms with Gasteiger partial charge in [0.1, 0.15) is 18.4 Å². The van der Waals surface area contributed by atoms with E-state index in [2.05, 4.69) is 20.7 Å². The lowest BCUT2D eigenvalue weighted by Gasteiger charge is -2.30. The molecule has 1 aliphatic rings. The summed E-state index contributed by atoms with van der Waals surface area (Å²) in [6.07, 6.45) is 4.01. The second-order valence-corrected chi connectivity index (χ2v) is 8.62. The van der Waals surface area contributed by atoms with E-state index >= 15 is 0 Å². The van der Waals surface area contributed by atoms with Crippen LogP contribution >= 0.6 is 0 Å². The average Bonchev–Trinajstić information content (AvgIpc) is 3.57. The SMILES string of the molecule is COc1ccc(N(C(=O)Cn2nnc(-c3ccc(F)cc3)n2)[C@H](C)C(=O)NC2CCCC2)cc1OC. The third-order valence-electron chi connectivity index (χ3n) is 6.21. The number of methoxy groups -OCH3 is 2. The number of anilines is 1. The zero-order valence-electron chi connectivity index (χ0n) is 20.5. The summed E-state index contributed by atoms with van der Waals surface area (Å²) in [6.45, 7) is 1.42. The number of nitrogens with one attached hydrogen (secondary N) is 1. The van der Waals surface area contributed by atoms with Gasteiger partial charge in [0, 0.05) is 23.4 Å². The van der Waals surface area contributed by atoms with E-state index in [0.717, 1.165) is 30.5 Å². The predicted octanol–water partition coefficient (Wildman–Crippen LogP) is 2.98. The number of hydrogen-bond donors (Lipinski definition) is 1. The van der Waals surface area contributed by atoms with Crippen LogP contribution < -0.4 is 19.7 Å². The Labute approximate surface area is 208 Å². The minimum absolute atomic E-state index is 0.109. The van der Waals surface area contributed by atoms with E-state index in [0.29, 0.717) is 22.7 Å². The molecule has 3 aromatic rings. The van der Waals surface area contributed by atoms with Gasteiger partial charge in [0.25, 0.3) is 5.91 Å². The van der Waals surface area contributed by atoms with Gasteiger partial charge in [-0.25, -0.2) is 4.39 Å². The lowest BCUT2D eigenvalue weighted by Crippen LogP contribution is -2.51. The summed E-state index contributed by atoms with van der Waals surface area (Å²) in [7, 11) is 3.02. The van der Waals surface area contributed by atoms with E-state index in [-0.39, 0.29) is 30.1 Å². The highest BCUT2D eigenvalue weighted by Gasteiger charge is 2.30. The van der Waals surface area contributed by atoms with Crippen molar-refractivity contribution in [2.24, 2.45) is 0 Å². The number of tetrazole rings is 1. The van der Waals surface area contributed by atoms with E-state index < -0.39 is 11.9 Å². The summed E-state index contributed by atoms with van der Waals surface area (Å²) >= 11 is 0. The van der Waals surface area contributed by atoms with E-state index in [1.165, 1.54) is 43.4 Å². The number of benzene rings is 2. The molecule has 2 amide bonds. The molecule has 1 aromatic heterocycles. The number of carbonyl (C=O) groups is 2. The number of rotatable bonds is 9. The van der Waals surface area contributed by atoms with Crippen LogP contribution in [0.3, 0.4) is 0 Å². The molecule has 1 atom stereocenters. The molecule has 190 valence electrons. The van der Waals surface area contributed by atoms with Crippen LogP contribution in [0.25, 0.3) is 11.4 Å². The Bertz CT molecular complexity index is 1210. The summed E-state index contributed by atoms with van der Waals surface area (Å²) in [5.74, 6) is 0.138. The van der Waals surface area contributed by atoms with Crippen molar-refractivity contribution in [1.82, 2.24) is 25.5 Å². The highest BCUT2D eigenvalue weighted by Crippen LogP contribution is 2.32. The minimum Gasteiger partial charge on any atom is -0.493 e. The van der Waals surface area contributed by atoms with Crippen LogP contribution in [0.5, 0.6) is 11.5 Å². The zero-order chi connectivity index (χ0) is 25.7. The van der Waals surface area contributed by atoms with Crippen LogP contribution in [0.15, 0.2) is 42.5 Å². The predicted molar refractivity (Wildman–Crippen MR) is 130 cm³/mol. The average molecular weight is 497 g/mol. The molecular weight excluding hydrogens is 467 g/mol. The fourth-order valence-corrected chi connectivity index (χ4v) is 4.29. The lowest BCUT2D eigenvalue weighted by molar-refractivity contribution is -0.127. The monoisotopic (exact) mass is 496 g/mol. The van der Waals surface area contributed by atoms with Gasteiger partial charge in [-0.1, -0.05) is 12.8 Å². The van der Waals surface area contributed by atoms with E-state index in [4.69, 9.17) is 9.47 Å². The molecule has 4 rings (SSSR count). The molecule has 10 nitrogen and oxygen atoms in total. The molecule has 0 bridgehead atoms. The first-order chi connectivity index (χ1) is 17.4. The van der Waals surface area contributed by atoms with Gasteiger partial charge in [0.05, 0.1) is 14.2 Å². The molecule has 0 spiro atoms. The Morgan fingerprint density at radius 2 is 1.81 bits per heavy atom. The molecule has 0 radical (unpaired) electrons. The Balaban J connectivity index is 1.59. The highest BCUT2D eigenvalue weighted by atomic mass is 19.1. The van der Waals surface area contributed by atoms with Crippen LogP contribution in [0.1, 0.15) is 32.6 Å². The lowest BCUT2D eigenvalue weighted by atomic mass is 10.1. The fraction of sp³-hybridized carbons (Fsp3) is 0.400. The topological polar surface area (TPSA) is 111 Å². The van der Waals surface area contributed by atoms with Crippen molar-refractivity contribution in [2.75, 3.05) is 19.1 Å². The van der Waals surface area contributed by atoms with Gasteiger partial charge in [0.15, 0.2) is 11.5 Å². The molecule has 1 heterocycles. The Kier molecular flexibility index (Phi) is 7.77. The Hall–Kier alpha value is -4.02. The molecule has 11 heteroatoms. The first kappa shape index (κ1) is 25.1. The normalized spacial score (nSPS) is 14.3. The molecular formula is C25H29FN6O4. The van der Waals surface area contributed by atoms with Gasteiger partial charge >= 0.3 is 0 Å². The number of aromatic nitrogens is 4. The third kappa shape index (κ3) is 5.61. The van der Waals surface area contributed by atoms with Gasteiger partial charge in [-0.2, -0.15) is 4.80 Å². The number of carbonyl (C=O) groups excluding carboxylic acids is 2. The molecule has 0 aliphatic heterocycles. The summed E-state index contributed by atoms with van der Waals surface area (Å²) in [4.78, 5) is 29.2. The molecule has 1 N–H and O–H groups in total. The maximum Gasteiger partial charge on any atom is 0.251 e. The van der Waals surface area contributed by atoms with Crippen LogP contribution in [0.2, 0.25) is 0 Å². The van der Waals surface area contributed by atoms with Crippen LogP contribution in [0.4, 0.5) is 10.1 Å². The summed E-state index contributed by atoms with van der Waals surface area (Å²) < 4.78 is 24.0. The van der Waals surface area contributed by atoms with Crippen molar-refractivity contribution >= 4 is 17.5 Å². The molecule has 0 unspecified atom stereocenters. The van der Waals surface area contributed by atoms with Crippen molar-refractivity contribution in [1.29, 1.82) is 0 Å². The molecule has 1 aliphatic carbocycles. The highest BCUT2D eigenvalue weighted by molar-refractivity contribution is 6.00. The van der Waals surface area contributed by atoms with Gasteiger partial charge in [-0.3, -0.25) is 14.5 Å². The van der Waals surface area contributed by atoms with Crippen molar-refractivity contribution in [2.45, 2.75) is 51.2 Å². The number of hydrogen-bond acceptors (Lipinski definition) is 7. The van der Waals surface area contributed by atoms with Gasteiger partial charge in [0.2, 0.25) is 11.7 Å². The smallest absolute Gasteiger partial charge is 0.251 e. The maximum absolute atomic E-state index is 13.5. The first-order valence-corrected chi connectivity index (χ1v) is 11.8. The number of ether oxygens (including phenoxy) is 2. The van der Waals surface area contributed by atoms with Crippen LogP contribution in [0, 0.1) is 5.82 Å². The first-order valence-electron chi connectivity index (χ1n) is 11.8.